The molecule has 1 aliphatic heterocycles. The van der Waals surface area contributed by atoms with Crippen molar-refractivity contribution < 1.29 is 4.79 Å². The molecule has 3 heteroatoms. The molecule has 19 heavy (non-hydrogen) atoms. The molecule has 1 unspecified atom stereocenters. The molecule has 0 spiro atoms. The topological polar surface area (TPSA) is 41.1 Å². The Labute approximate surface area is 115 Å². The van der Waals surface area contributed by atoms with E-state index in [9.17, 15) is 4.79 Å². The van der Waals surface area contributed by atoms with Crippen LogP contribution in [-0.2, 0) is 17.8 Å². The molecular formula is C16H24N2O. The van der Waals surface area contributed by atoms with E-state index in [1.54, 1.807) is 0 Å². The van der Waals surface area contributed by atoms with Crippen LogP contribution in [0, 0.1) is 5.92 Å². The molecule has 0 aliphatic carbocycles. The number of hydrogen-bond acceptors (Lipinski definition) is 2. The van der Waals surface area contributed by atoms with Crippen LogP contribution in [0.25, 0.3) is 0 Å². The van der Waals surface area contributed by atoms with Crippen molar-refractivity contribution in [3.63, 3.8) is 0 Å². The molecule has 2 rings (SSSR count). The van der Waals surface area contributed by atoms with Gasteiger partial charge in [-0.1, -0.05) is 38.1 Å². The van der Waals surface area contributed by atoms with E-state index in [1.807, 2.05) is 0 Å². The molecule has 0 aromatic heterocycles. The van der Waals surface area contributed by atoms with E-state index in [2.05, 4.69) is 48.7 Å². The summed E-state index contributed by atoms with van der Waals surface area (Å²) in [6.07, 6.45) is 2.78. The van der Waals surface area contributed by atoms with E-state index < -0.39 is 0 Å². The number of nitrogens with one attached hydrogen (secondary N) is 2. The van der Waals surface area contributed by atoms with Gasteiger partial charge in [0.15, 0.2) is 0 Å². The summed E-state index contributed by atoms with van der Waals surface area (Å²) in [6.45, 7) is 6.21. The van der Waals surface area contributed by atoms with Crippen LogP contribution in [0.2, 0.25) is 0 Å². The maximum absolute atomic E-state index is 11.1. The summed E-state index contributed by atoms with van der Waals surface area (Å²) in [5.74, 6) is 0.889. The summed E-state index contributed by atoms with van der Waals surface area (Å²) in [5.41, 5.74) is 2.71. The second kappa shape index (κ2) is 6.71. The monoisotopic (exact) mass is 260 g/mol. The largest absolute Gasteiger partial charge is 0.352 e. The maximum Gasteiger partial charge on any atom is 0.220 e. The molecule has 104 valence electrons. The van der Waals surface area contributed by atoms with Crippen LogP contribution < -0.4 is 10.6 Å². The van der Waals surface area contributed by atoms with Gasteiger partial charge in [-0.2, -0.15) is 0 Å². The Morgan fingerprint density at radius 2 is 1.95 bits per heavy atom. The SMILES string of the molecule is CC(C)Cc1ccc(CNCC2CCC(=O)N2)cc1. The first-order chi connectivity index (χ1) is 9.13. The fourth-order valence-corrected chi connectivity index (χ4v) is 2.49. The number of rotatable bonds is 6. The zero-order valence-electron chi connectivity index (χ0n) is 11.9. The quantitative estimate of drug-likeness (QED) is 0.823. The van der Waals surface area contributed by atoms with E-state index in [1.165, 1.54) is 11.1 Å². The summed E-state index contributed by atoms with van der Waals surface area (Å²) in [4.78, 5) is 11.1. The molecule has 1 aromatic carbocycles. The van der Waals surface area contributed by atoms with Crippen LogP contribution in [-0.4, -0.2) is 18.5 Å². The predicted octanol–water partition coefficient (Wildman–Crippen LogP) is 2.25. The zero-order valence-corrected chi connectivity index (χ0v) is 11.9. The predicted molar refractivity (Wildman–Crippen MR) is 77.9 cm³/mol. The molecule has 3 nitrogen and oxygen atoms in total. The molecular weight excluding hydrogens is 236 g/mol. The molecule has 0 saturated carbocycles. The van der Waals surface area contributed by atoms with Crippen LogP contribution in [0.1, 0.15) is 37.8 Å². The average Bonchev–Trinajstić information content (AvgIpc) is 2.77. The lowest BCUT2D eigenvalue weighted by atomic mass is 10.0. The molecule has 0 bridgehead atoms. The highest BCUT2D eigenvalue weighted by Crippen LogP contribution is 2.10. The Balaban J connectivity index is 1.72. The van der Waals surface area contributed by atoms with E-state index in [4.69, 9.17) is 0 Å². The molecule has 1 amide bonds. The van der Waals surface area contributed by atoms with E-state index >= 15 is 0 Å². The van der Waals surface area contributed by atoms with Gasteiger partial charge in [-0.3, -0.25) is 4.79 Å². The van der Waals surface area contributed by atoms with Gasteiger partial charge in [0.2, 0.25) is 5.91 Å². The minimum absolute atomic E-state index is 0.185. The molecule has 2 N–H and O–H groups in total. The zero-order chi connectivity index (χ0) is 13.7. The van der Waals surface area contributed by atoms with Gasteiger partial charge in [-0.25, -0.2) is 0 Å². The summed E-state index contributed by atoms with van der Waals surface area (Å²) < 4.78 is 0. The third-order valence-corrected chi connectivity index (χ3v) is 3.47. The van der Waals surface area contributed by atoms with Crippen molar-refractivity contribution in [3.05, 3.63) is 35.4 Å². The van der Waals surface area contributed by atoms with Crippen LogP contribution in [0.15, 0.2) is 24.3 Å². The minimum atomic E-state index is 0.185. The maximum atomic E-state index is 11.1. The molecule has 1 aliphatic rings. The third-order valence-electron chi connectivity index (χ3n) is 3.47. The van der Waals surface area contributed by atoms with Gasteiger partial charge < -0.3 is 10.6 Å². The van der Waals surface area contributed by atoms with Crippen molar-refractivity contribution in [3.8, 4) is 0 Å². The van der Waals surface area contributed by atoms with Crippen LogP contribution in [0.5, 0.6) is 0 Å². The number of carbonyl (C=O) groups is 1. The normalized spacial score (nSPS) is 18.9. The molecule has 1 saturated heterocycles. The van der Waals surface area contributed by atoms with Gasteiger partial charge in [0.25, 0.3) is 0 Å². The molecule has 0 radical (unpaired) electrons. The highest BCUT2D eigenvalue weighted by Gasteiger charge is 2.19. The van der Waals surface area contributed by atoms with Gasteiger partial charge in [0, 0.05) is 25.6 Å². The smallest absolute Gasteiger partial charge is 0.220 e. The van der Waals surface area contributed by atoms with Gasteiger partial charge in [-0.05, 0) is 29.9 Å². The van der Waals surface area contributed by atoms with E-state index in [-0.39, 0.29) is 5.91 Å². The summed E-state index contributed by atoms with van der Waals surface area (Å²) in [7, 11) is 0. The highest BCUT2D eigenvalue weighted by atomic mass is 16.1. The van der Waals surface area contributed by atoms with E-state index in [0.717, 1.165) is 25.9 Å². The van der Waals surface area contributed by atoms with Crippen LogP contribution in [0.3, 0.4) is 0 Å². The van der Waals surface area contributed by atoms with Crippen molar-refractivity contribution >= 4 is 5.91 Å². The second-order valence-corrected chi connectivity index (χ2v) is 5.85. The van der Waals surface area contributed by atoms with Crippen LogP contribution in [0.4, 0.5) is 0 Å². The fourth-order valence-electron chi connectivity index (χ4n) is 2.49. The summed E-state index contributed by atoms with van der Waals surface area (Å²) in [5, 5.41) is 6.38. The summed E-state index contributed by atoms with van der Waals surface area (Å²) in [6, 6.07) is 9.13. The van der Waals surface area contributed by atoms with Crippen molar-refractivity contribution in [2.45, 2.75) is 45.7 Å². The number of benzene rings is 1. The third kappa shape index (κ3) is 4.67. The van der Waals surface area contributed by atoms with Gasteiger partial charge in [0.05, 0.1) is 0 Å². The fraction of sp³-hybridized carbons (Fsp3) is 0.562. The second-order valence-electron chi connectivity index (χ2n) is 5.85. The molecule has 1 atom stereocenters. The lowest BCUT2D eigenvalue weighted by molar-refractivity contribution is -0.119. The first-order valence-corrected chi connectivity index (χ1v) is 7.21. The van der Waals surface area contributed by atoms with Crippen molar-refractivity contribution in [1.29, 1.82) is 0 Å². The Morgan fingerprint density at radius 1 is 1.26 bits per heavy atom. The Bertz CT molecular complexity index is 411. The van der Waals surface area contributed by atoms with Gasteiger partial charge in [-0.15, -0.1) is 0 Å². The van der Waals surface area contributed by atoms with Crippen molar-refractivity contribution in [2.24, 2.45) is 5.92 Å². The highest BCUT2D eigenvalue weighted by molar-refractivity contribution is 5.78. The first kappa shape index (κ1) is 14.1. The van der Waals surface area contributed by atoms with Crippen molar-refractivity contribution in [2.75, 3.05) is 6.54 Å². The van der Waals surface area contributed by atoms with Gasteiger partial charge >= 0.3 is 0 Å². The molecule has 1 heterocycles. The lowest BCUT2D eigenvalue weighted by Gasteiger charge is -2.11. The Morgan fingerprint density at radius 3 is 2.53 bits per heavy atom. The van der Waals surface area contributed by atoms with Crippen molar-refractivity contribution in [1.82, 2.24) is 10.6 Å². The summed E-state index contributed by atoms with van der Waals surface area (Å²) >= 11 is 0. The minimum Gasteiger partial charge on any atom is -0.352 e. The Kier molecular flexibility index (Phi) is 4.97. The Hall–Kier alpha value is -1.35. The van der Waals surface area contributed by atoms with E-state index in [0.29, 0.717) is 18.4 Å². The standard InChI is InChI=1S/C16H24N2O/c1-12(2)9-13-3-5-14(6-4-13)10-17-11-15-7-8-16(19)18-15/h3-6,12,15,17H,7-11H2,1-2H3,(H,18,19). The first-order valence-electron chi connectivity index (χ1n) is 7.21. The number of amides is 1. The lowest BCUT2D eigenvalue weighted by Crippen LogP contribution is -2.35. The van der Waals surface area contributed by atoms with Gasteiger partial charge in [0.1, 0.15) is 0 Å². The number of hydrogen-bond donors (Lipinski definition) is 2. The average molecular weight is 260 g/mol. The molecule has 1 aromatic rings. The molecule has 1 fully saturated rings. The van der Waals surface area contributed by atoms with Crippen LogP contribution >= 0.6 is 0 Å². The number of carbonyl (C=O) groups excluding carboxylic acids is 1.